The molecule has 1 aliphatic rings. The van der Waals surface area contributed by atoms with Crippen LogP contribution in [0.15, 0.2) is 0 Å². The maximum absolute atomic E-state index is 11.7. The van der Waals surface area contributed by atoms with E-state index in [9.17, 15) is 13.2 Å². The molecule has 0 unspecified atom stereocenters. The number of carbonyl (C=O) groups is 1. The molecule has 7 heteroatoms. The molecule has 17 heavy (non-hydrogen) atoms. The largest absolute Gasteiger partial charge is 0.352 e. The van der Waals surface area contributed by atoms with Crippen LogP contribution in [0.5, 0.6) is 0 Å². The normalized spacial score (nSPS) is 16.2. The van der Waals surface area contributed by atoms with Crippen molar-refractivity contribution in [2.45, 2.75) is 31.7 Å². The Balaban J connectivity index is 2.32. The Kier molecular flexibility index (Phi) is 5.35. The zero-order valence-corrected chi connectivity index (χ0v) is 11.0. The molecule has 1 amide bonds. The first-order valence-corrected chi connectivity index (χ1v) is 7.50. The van der Waals surface area contributed by atoms with Crippen LogP contribution in [0.2, 0.25) is 0 Å². The van der Waals surface area contributed by atoms with Gasteiger partial charge in [0.2, 0.25) is 15.9 Å². The number of nitrogens with one attached hydrogen (secondary N) is 1. The zero-order chi connectivity index (χ0) is 12.9. The second-order valence-electron chi connectivity index (χ2n) is 4.41. The van der Waals surface area contributed by atoms with Crippen molar-refractivity contribution < 1.29 is 13.2 Å². The molecule has 100 valence electrons. The third-order valence-electron chi connectivity index (χ3n) is 2.64. The molecule has 0 saturated heterocycles. The highest BCUT2D eigenvalue weighted by Gasteiger charge is 2.25. The lowest BCUT2D eigenvalue weighted by molar-refractivity contribution is -0.121. The minimum absolute atomic E-state index is 0.0530. The van der Waals surface area contributed by atoms with Gasteiger partial charge in [-0.25, -0.2) is 8.42 Å². The Morgan fingerprint density at radius 1 is 1.41 bits per heavy atom. The predicted molar refractivity (Wildman–Crippen MR) is 65.9 cm³/mol. The number of nitrogens with zero attached hydrogens (tertiary/aromatic N) is 1. The Labute approximate surface area is 103 Å². The van der Waals surface area contributed by atoms with Crippen LogP contribution in [0.1, 0.15) is 25.7 Å². The molecular weight excluding hydrogens is 242 g/mol. The van der Waals surface area contributed by atoms with E-state index >= 15 is 0 Å². The van der Waals surface area contributed by atoms with Gasteiger partial charge in [-0.3, -0.25) is 4.79 Å². The molecule has 0 aromatic rings. The molecule has 0 heterocycles. The van der Waals surface area contributed by atoms with Crippen LogP contribution in [0.4, 0.5) is 0 Å². The van der Waals surface area contributed by atoms with Crippen molar-refractivity contribution in [1.29, 1.82) is 0 Å². The number of nitrogens with two attached hydrogens (primary N) is 1. The van der Waals surface area contributed by atoms with Gasteiger partial charge in [-0.15, -0.1) is 0 Å². The van der Waals surface area contributed by atoms with E-state index in [1.165, 1.54) is 7.05 Å². The lowest BCUT2D eigenvalue weighted by Crippen LogP contribution is -2.40. The summed E-state index contributed by atoms with van der Waals surface area (Å²) in [7, 11) is -1.89. The predicted octanol–water partition coefficient (Wildman–Crippen LogP) is -0.734. The third kappa shape index (κ3) is 5.47. The van der Waals surface area contributed by atoms with Gasteiger partial charge in [-0.1, -0.05) is 0 Å². The zero-order valence-electron chi connectivity index (χ0n) is 10.2. The minimum atomic E-state index is -3.33. The van der Waals surface area contributed by atoms with Gasteiger partial charge in [0.25, 0.3) is 0 Å². The highest BCUT2D eigenvalue weighted by atomic mass is 32.2. The smallest absolute Gasteiger partial charge is 0.235 e. The summed E-state index contributed by atoms with van der Waals surface area (Å²) >= 11 is 0. The molecular formula is C10H21N3O3S. The molecule has 3 N–H and O–H groups in total. The van der Waals surface area contributed by atoms with Crippen molar-refractivity contribution in [2.24, 2.45) is 5.73 Å². The second-order valence-corrected chi connectivity index (χ2v) is 6.61. The fourth-order valence-corrected chi connectivity index (χ4v) is 2.58. The van der Waals surface area contributed by atoms with Gasteiger partial charge < -0.3 is 11.1 Å². The first-order chi connectivity index (χ1) is 7.95. The number of hydrogen-bond acceptors (Lipinski definition) is 4. The van der Waals surface area contributed by atoms with Crippen LogP contribution in [-0.2, 0) is 14.8 Å². The Morgan fingerprint density at radius 3 is 2.59 bits per heavy atom. The first kappa shape index (κ1) is 14.4. The molecule has 0 aromatic carbocycles. The molecule has 0 radical (unpaired) electrons. The third-order valence-corrected chi connectivity index (χ3v) is 4.52. The average molecular weight is 263 g/mol. The van der Waals surface area contributed by atoms with Gasteiger partial charge in [0.1, 0.15) is 0 Å². The van der Waals surface area contributed by atoms with Crippen LogP contribution in [0.3, 0.4) is 0 Å². The number of hydrogen-bond donors (Lipinski definition) is 2. The molecule has 6 nitrogen and oxygen atoms in total. The maximum Gasteiger partial charge on any atom is 0.235 e. The summed E-state index contributed by atoms with van der Waals surface area (Å²) < 4.78 is 24.6. The molecule has 1 aliphatic carbocycles. The van der Waals surface area contributed by atoms with Crippen LogP contribution in [0, 0.1) is 0 Å². The van der Waals surface area contributed by atoms with Crippen molar-refractivity contribution in [2.75, 3.05) is 25.9 Å². The van der Waals surface area contributed by atoms with E-state index in [0.717, 1.165) is 17.1 Å². The first-order valence-electron chi connectivity index (χ1n) is 5.89. The number of rotatable bonds is 8. The molecule has 0 bridgehead atoms. The summed E-state index contributed by atoms with van der Waals surface area (Å²) in [4.78, 5) is 11.4. The SMILES string of the molecule is CN(CC(=O)NC1CC1)S(=O)(=O)CCCCN. The van der Waals surface area contributed by atoms with E-state index in [0.29, 0.717) is 19.4 Å². The Bertz CT molecular complexity index is 352. The highest BCUT2D eigenvalue weighted by molar-refractivity contribution is 7.89. The number of unbranched alkanes of at least 4 members (excludes halogenated alkanes) is 1. The number of carbonyl (C=O) groups excluding carboxylic acids is 1. The highest BCUT2D eigenvalue weighted by Crippen LogP contribution is 2.18. The molecule has 0 aromatic heterocycles. The summed E-state index contributed by atoms with van der Waals surface area (Å²) in [5.41, 5.74) is 5.30. The average Bonchev–Trinajstić information content (AvgIpc) is 3.01. The van der Waals surface area contributed by atoms with Crippen LogP contribution in [-0.4, -0.2) is 50.6 Å². The van der Waals surface area contributed by atoms with Crippen molar-refractivity contribution in [1.82, 2.24) is 9.62 Å². The molecule has 0 spiro atoms. The summed E-state index contributed by atoms with van der Waals surface area (Å²) in [6.45, 7) is 0.392. The van der Waals surface area contributed by atoms with E-state index in [2.05, 4.69) is 5.32 Å². The van der Waals surface area contributed by atoms with Gasteiger partial charge in [-0.2, -0.15) is 4.31 Å². The van der Waals surface area contributed by atoms with Crippen LogP contribution >= 0.6 is 0 Å². The van der Waals surface area contributed by atoms with Gasteiger partial charge in [0.15, 0.2) is 0 Å². The van der Waals surface area contributed by atoms with Gasteiger partial charge in [0, 0.05) is 13.1 Å². The van der Waals surface area contributed by atoms with E-state index < -0.39 is 10.0 Å². The van der Waals surface area contributed by atoms with Crippen LogP contribution < -0.4 is 11.1 Å². The van der Waals surface area contributed by atoms with Crippen molar-refractivity contribution in [3.63, 3.8) is 0 Å². The van der Waals surface area contributed by atoms with E-state index in [1.54, 1.807) is 0 Å². The Morgan fingerprint density at radius 2 is 2.06 bits per heavy atom. The monoisotopic (exact) mass is 263 g/mol. The van der Waals surface area contributed by atoms with E-state index in [4.69, 9.17) is 5.73 Å². The molecule has 0 aliphatic heterocycles. The van der Waals surface area contributed by atoms with Crippen molar-refractivity contribution in [3.8, 4) is 0 Å². The number of amides is 1. The number of sulfonamides is 1. The molecule has 0 atom stereocenters. The van der Waals surface area contributed by atoms with Crippen LogP contribution in [0.25, 0.3) is 0 Å². The van der Waals surface area contributed by atoms with Gasteiger partial charge >= 0.3 is 0 Å². The summed E-state index contributed by atoms with van der Waals surface area (Å²) in [5.74, 6) is -0.172. The molecule has 1 fully saturated rings. The second kappa shape index (κ2) is 6.32. The standard InChI is InChI=1S/C10H21N3O3S/c1-13(8-10(14)12-9-4-5-9)17(15,16)7-3-2-6-11/h9H,2-8,11H2,1H3,(H,12,14). The molecule has 1 saturated carbocycles. The summed E-state index contributed by atoms with van der Waals surface area (Å²) in [6.07, 6.45) is 3.21. The van der Waals surface area contributed by atoms with Crippen molar-refractivity contribution >= 4 is 15.9 Å². The summed E-state index contributed by atoms with van der Waals surface area (Å²) in [5, 5.41) is 2.76. The number of likely N-dealkylation sites (N-methyl/N-ethyl adjacent to an activating group) is 1. The minimum Gasteiger partial charge on any atom is -0.352 e. The van der Waals surface area contributed by atoms with Gasteiger partial charge in [0.05, 0.1) is 12.3 Å². The quantitative estimate of drug-likeness (QED) is 0.564. The fraction of sp³-hybridized carbons (Fsp3) is 0.900. The lowest BCUT2D eigenvalue weighted by Gasteiger charge is -2.16. The fourth-order valence-electron chi connectivity index (χ4n) is 1.39. The van der Waals surface area contributed by atoms with E-state index in [-0.39, 0.29) is 24.2 Å². The van der Waals surface area contributed by atoms with Gasteiger partial charge in [-0.05, 0) is 32.2 Å². The topological polar surface area (TPSA) is 92.5 Å². The summed E-state index contributed by atoms with van der Waals surface area (Å²) in [6, 6.07) is 0.260. The molecule has 1 rings (SSSR count). The van der Waals surface area contributed by atoms with E-state index in [1.807, 2.05) is 0 Å². The maximum atomic E-state index is 11.7. The lowest BCUT2D eigenvalue weighted by atomic mass is 10.3. The Hall–Kier alpha value is -0.660. The van der Waals surface area contributed by atoms with Crippen molar-refractivity contribution in [3.05, 3.63) is 0 Å².